The maximum absolute atomic E-state index is 6.10. The molecular weight excluding hydrogens is 276 g/mol. The first-order valence-corrected chi connectivity index (χ1v) is 6.80. The zero-order chi connectivity index (χ0) is 14.7. The molecule has 6 heteroatoms. The van der Waals surface area contributed by atoms with Crippen molar-refractivity contribution in [2.75, 3.05) is 7.11 Å². The van der Waals surface area contributed by atoms with Crippen LogP contribution in [0.1, 0.15) is 29.8 Å². The van der Waals surface area contributed by atoms with Crippen LogP contribution >= 0.6 is 11.6 Å². The average Bonchev–Trinajstić information content (AvgIpc) is 2.81. The number of aryl methyl sites for hydroxylation is 2. The lowest BCUT2D eigenvalue weighted by Crippen LogP contribution is -2.29. The fourth-order valence-electron chi connectivity index (χ4n) is 2.35. The molecule has 0 amide bonds. The second-order valence-electron chi connectivity index (χ2n) is 4.54. The van der Waals surface area contributed by atoms with Gasteiger partial charge in [0.05, 0.1) is 18.8 Å². The first-order valence-electron chi connectivity index (χ1n) is 6.42. The van der Waals surface area contributed by atoms with Crippen LogP contribution in [0.25, 0.3) is 0 Å². The Bertz CT molecular complexity index is 597. The van der Waals surface area contributed by atoms with Crippen molar-refractivity contribution < 1.29 is 4.74 Å². The largest absolute Gasteiger partial charge is 0.496 e. The summed E-state index contributed by atoms with van der Waals surface area (Å²) in [5.74, 6) is 6.50. The molecule has 0 saturated carbocycles. The molecule has 3 N–H and O–H groups in total. The van der Waals surface area contributed by atoms with Crippen molar-refractivity contribution in [3.05, 3.63) is 46.2 Å². The number of hydrogen-bond donors (Lipinski definition) is 2. The molecule has 0 spiro atoms. The quantitative estimate of drug-likeness (QED) is 0.655. The van der Waals surface area contributed by atoms with Crippen molar-refractivity contribution in [2.24, 2.45) is 12.9 Å². The molecule has 2 rings (SSSR count). The average molecular weight is 295 g/mol. The topological polar surface area (TPSA) is 65.1 Å². The standard InChI is InChI=1S/C14H19ClN4O/c1-4-12-11(8-19(2)18-12)14(17-16)10-7-9(15)5-6-13(10)20-3/h5-8,14,17H,4,16H2,1-3H3. The number of nitrogens with zero attached hydrogens (tertiary/aromatic N) is 2. The summed E-state index contributed by atoms with van der Waals surface area (Å²) in [5.41, 5.74) is 5.75. The number of hydrazine groups is 1. The van der Waals surface area contributed by atoms with Crippen LogP contribution in [-0.4, -0.2) is 16.9 Å². The molecule has 1 unspecified atom stereocenters. The molecule has 20 heavy (non-hydrogen) atoms. The maximum atomic E-state index is 6.10. The van der Waals surface area contributed by atoms with Gasteiger partial charge in [0, 0.05) is 29.4 Å². The predicted molar refractivity (Wildman–Crippen MR) is 79.8 cm³/mol. The van der Waals surface area contributed by atoms with Gasteiger partial charge in [-0.1, -0.05) is 18.5 Å². The second-order valence-corrected chi connectivity index (χ2v) is 4.98. The molecule has 108 valence electrons. The minimum atomic E-state index is -0.215. The van der Waals surface area contributed by atoms with Crippen LogP contribution in [0.4, 0.5) is 0 Å². The number of rotatable bonds is 5. The van der Waals surface area contributed by atoms with Crippen LogP contribution < -0.4 is 16.0 Å². The molecule has 0 aliphatic rings. The highest BCUT2D eigenvalue weighted by Gasteiger charge is 2.22. The summed E-state index contributed by atoms with van der Waals surface area (Å²) in [6.07, 6.45) is 2.79. The van der Waals surface area contributed by atoms with Crippen LogP contribution in [0.3, 0.4) is 0 Å². The van der Waals surface area contributed by atoms with Crippen molar-refractivity contribution in [3.8, 4) is 5.75 Å². The van der Waals surface area contributed by atoms with E-state index in [1.54, 1.807) is 17.9 Å². The van der Waals surface area contributed by atoms with Gasteiger partial charge >= 0.3 is 0 Å². The fourth-order valence-corrected chi connectivity index (χ4v) is 2.53. The number of benzene rings is 1. The summed E-state index contributed by atoms with van der Waals surface area (Å²) in [5, 5.41) is 5.09. The minimum Gasteiger partial charge on any atom is -0.496 e. The molecule has 1 heterocycles. The lowest BCUT2D eigenvalue weighted by Gasteiger charge is -2.19. The maximum Gasteiger partial charge on any atom is 0.124 e. The van der Waals surface area contributed by atoms with Gasteiger partial charge in [0.25, 0.3) is 0 Å². The number of nitrogens with two attached hydrogens (primary N) is 1. The summed E-state index contributed by atoms with van der Waals surface area (Å²) in [6.45, 7) is 2.06. The molecule has 1 atom stereocenters. The van der Waals surface area contributed by atoms with E-state index in [2.05, 4.69) is 17.4 Å². The van der Waals surface area contributed by atoms with Gasteiger partial charge in [-0.25, -0.2) is 5.43 Å². The van der Waals surface area contributed by atoms with E-state index in [9.17, 15) is 0 Å². The Labute approximate surface area is 123 Å². The fraction of sp³-hybridized carbons (Fsp3) is 0.357. The first-order chi connectivity index (χ1) is 9.60. The van der Waals surface area contributed by atoms with Crippen molar-refractivity contribution in [3.63, 3.8) is 0 Å². The van der Waals surface area contributed by atoms with E-state index in [4.69, 9.17) is 22.2 Å². The van der Waals surface area contributed by atoms with Crippen LogP contribution in [0.15, 0.2) is 24.4 Å². The molecule has 0 saturated heterocycles. The molecule has 0 aliphatic carbocycles. The number of nitrogens with one attached hydrogen (secondary N) is 1. The van der Waals surface area contributed by atoms with E-state index in [-0.39, 0.29) is 6.04 Å². The van der Waals surface area contributed by atoms with Gasteiger partial charge in [0.2, 0.25) is 0 Å². The molecule has 0 fully saturated rings. The SMILES string of the molecule is CCc1nn(C)cc1C(NN)c1cc(Cl)ccc1OC. The Morgan fingerprint density at radius 1 is 1.45 bits per heavy atom. The van der Waals surface area contributed by atoms with Crippen molar-refractivity contribution in [1.29, 1.82) is 0 Å². The lowest BCUT2D eigenvalue weighted by molar-refractivity contribution is 0.404. The van der Waals surface area contributed by atoms with E-state index in [0.29, 0.717) is 5.02 Å². The third-order valence-electron chi connectivity index (χ3n) is 3.25. The van der Waals surface area contributed by atoms with Crippen molar-refractivity contribution in [1.82, 2.24) is 15.2 Å². The van der Waals surface area contributed by atoms with Gasteiger partial charge in [-0.3, -0.25) is 10.5 Å². The Morgan fingerprint density at radius 2 is 2.20 bits per heavy atom. The Balaban J connectivity index is 2.54. The first kappa shape index (κ1) is 14.8. The number of methoxy groups -OCH3 is 1. The highest BCUT2D eigenvalue weighted by Crippen LogP contribution is 2.33. The number of hydrogen-bond acceptors (Lipinski definition) is 4. The second kappa shape index (κ2) is 6.26. The van der Waals surface area contributed by atoms with E-state index >= 15 is 0 Å². The lowest BCUT2D eigenvalue weighted by atomic mass is 9.98. The molecule has 0 radical (unpaired) electrons. The number of aromatic nitrogens is 2. The predicted octanol–water partition coefficient (Wildman–Crippen LogP) is 2.20. The van der Waals surface area contributed by atoms with Crippen LogP contribution in [0.2, 0.25) is 5.02 Å². The highest BCUT2D eigenvalue weighted by molar-refractivity contribution is 6.30. The van der Waals surface area contributed by atoms with E-state index in [0.717, 1.165) is 29.0 Å². The molecule has 5 nitrogen and oxygen atoms in total. The Kier molecular flexibility index (Phi) is 4.65. The normalized spacial score (nSPS) is 12.4. The van der Waals surface area contributed by atoms with E-state index < -0.39 is 0 Å². The smallest absolute Gasteiger partial charge is 0.124 e. The monoisotopic (exact) mass is 294 g/mol. The Hall–Kier alpha value is -1.56. The van der Waals surface area contributed by atoms with Crippen molar-refractivity contribution in [2.45, 2.75) is 19.4 Å². The molecule has 0 bridgehead atoms. The van der Waals surface area contributed by atoms with Gasteiger partial charge < -0.3 is 4.74 Å². The van der Waals surface area contributed by atoms with Gasteiger partial charge in [-0.15, -0.1) is 0 Å². The molecule has 1 aromatic heterocycles. The van der Waals surface area contributed by atoms with Crippen LogP contribution in [0, 0.1) is 0 Å². The van der Waals surface area contributed by atoms with E-state index in [1.165, 1.54) is 0 Å². The number of halogens is 1. The summed E-state index contributed by atoms with van der Waals surface area (Å²) in [6, 6.07) is 5.27. The molecular formula is C14H19ClN4O. The third kappa shape index (κ3) is 2.80. The zero-order valence-electron chi connectivity index (χ0n) is 11.9. The molecule has 2 aromatic rings. The Morgan fingerprint density at radius 3 is 2.80 bits per heavy atom. The summed E-state index contributed by atoms with van der Waals surface area (Å²) in [4.78, 5) is 0. The zero-order valence-corrected chi connectivity index (χ0v) is 12.6. The van der Waals surface area contributed by atoms with Gasteiger partial charge in [-0.05, 0) is 24.6 Å². The van der Waals surface area contributed by atoms with Gasteiger partial charge in [-0.2, -0.15) is 5.10 Å². The summed E-state index contributed by atoms with van der Waals surface area (Å²) in [7, 11) is 3.52. The third-order valence-corrected chi connectivity index (χ3v) is 3.49. The minimum absolute atomic E-state index is 0.215. The van der Waals surface area contributed by atoms with Crippen molar-refractivity contribution >= 4 is 11.6 Å². The van der Waals surface area contributed by atoms with E-state index in [1.807, 2.05) is 25.4 Å². The van der Waals surface area contributed by atoms with Crippen LogP contribution in [-0.2, 0) is 13.5 Å². The summed E-state index contributed by atoms with van der Waals surface area (Å²) >= 11 is 6.10. The molecule has 0 aliphatic heterocycles. The van der Waals surface area contributed by atoms with Gasteiger partial charge in [0.1, 0.15) is 5.75 Å². The molecule has 1 aromatic carbocycles. The van der Waals surface area contributed by atoms with Gasteiger partial charge in [0.15, 0.2) is 0 Å². The van der Waals surface area contributed by atoms with Crippen LogP contribution in [0.5, 0.6) is 5.75 Å². The summed E-state index contributed by atoms with van der Waals surface area (Å²) < 4.78 is 7.19. The number of ether oxygens (including phenoxy) is 1. The highest BCUT2D eigenvalue weighted by atomic mass is 35.5.